The minimum absolute atomic E-state index is 0.175. The van der Waals surface area contributed by atoms with Gasteiger partial charge in [-0.3, -0.25) is 9.59 Å². The molecule has 8 heteroatoms. The van der Waals surface area contributed by atoms with Crippen LogP contribution < -0.4 is 16.0 Å². The standard InChI is InChI=1S/C29H40ClN3O4/c1-7-10-21-14-11-19(5)26(31-21)28(35)33-24(29(36)37-6)17-20-12-15-22(16-13-20)32-27(34)25(18(4)8-2)23(30)9-3/h8-9,12-13,15-16,19,21,24,26,31H,2,7,10-11,14,17H2,1,3-6H3,(H,32,34)(H,33,35)/b23-9+,25-18+. The van der Waals surface area contributed by atoms with Gasteiger partial charge in [-0.15, -0.1) is 0 Å². The molecule has 0 aromatic heterocycles. The molecule has 0 aliphatic carbocycles. The van der Waals surface area contributed by atoms with Crippen molar-refractivity contribution >= 4 is 35.1 Å². The van der Waals surface area contributed by atoms with Crippen LogP contribution >= 0.6 is 11.6 Å². The number of carbonyl (C=O) groups is 3. The van der Waals surface area contributed by atoms with Crippen molar-refractivity contribution < 1.29 is 19.1 Å². The molecule has 37 heavy (non-hydrogen) atoms. The highest BCUT2D eigenvalue weighted by Gasteiger charge is 2.34. The number of nitrogens with one attached hydrogen (secondary N) is 3. The van der Waals surface area contributed by atoms with E-state index in [2.05, 4.69) is 36.4 Å². The molecule has 1 aromatic carbocycles. The third kappa shape index (κ3) is 8.58. The summed E-state index contributed by atoms with van der Waals surface area (Å²) >= 11 is 6.23. The molecule has 202 valence electrons. The average molecular weight is 530 g/mol. The SMILES string of the molecule is C=C/C(C)=C(C(=O)Nc1ccc(CC(NC(=O)C2NC(CCC)CCC2C)C(=O)OC)cc1)\C(Cl)=C/C. The minimum atomic E-state index is -0.822. The van der Waals surface area contributed by atoms with Gasteiger partial charge in [0.2, 0.25) is 5.91 Å². The van der Waals surface area contributed by atoms with E-state index < -0.39 is 12.0 Å². The molecule has 0 saturated carbocycles. The number of piperidine rings is 1. The highest BCUT2D eigenvalue weighted by molar-refractivity contribution is 6.36. The highest BCUT2D eigenvalue weighted by atomic mass is 35.5. The zero-order chi connectivity index (χ0) is 27.5. The molecular formula is C29H40ClN3O4. The molecule has 3 N–H and O–H groups in total. The molecule has 0 radical (unpaired) electrons. The van der Waals surface area contributed by atoms with Gasteiger partial charge in [0.15, 0.2) is 0 Å². The molecule has 1 aliphatic rings. The Kier molecular flexibility index (Phi) is 12.1. The lowest BCUT2D eigenvalue weighted by Crippen LogP contribution is -2.57. The second-order valence-electron chi connectivity index (χ2n) is 9.52. The maximum Gasteiger partial charge on any atom is 0.328 e. The number of esters is 1. The molecular weight excluding hydrogens is 490 g/mol. The Bertz CT molecular complexity index is 1030. The largest absolute Gasteiger partial charge is 0.467 e. The number of allylic oxidation sites excluding steroid dienone is 3. The van der Waals surface area contributed by atoms with Gasteiger partial charge in [0, 0.05) is 23.2 Å². The predicted molar refractivity (Wildman–Crippen MR) is 149 cm³/mol. The van der Waals surface area contributed by atoms with Gasteiger partial charge in [0.25, 0.3) is 5.91 Å². The first kappa shape index (κ1) is 30.3. The Labute approximate surface area is 225 Å². The van der Waals surface area contributed by atoms with Crippen LogP contribution in [0, 0.1) is 5.92 Å². The predicted octanol–water partition coefficient (Wildman–Crippen LogP) is 5.03. The van der Waals surface area contributed by atoms with Gasteiger partial charge >= 0.3 is 5.97 Å². The smallest absolute Gasteiger partial charge is 0.328 e. The van der Waals surface area contributed by atoms with Crippen LogP contribution in [0.15, 0.2) is 59.2 Å². The third-order valence-electron chi connectivity index (χ3n) is 6.75. The maximum absolute atomic E-state index is 13.1. The van der Waals surface area contributed by atoms with E-state index in [1.54, 1.807) is 50.3 Å². The first-order valence-corrected chi connectivity index (χ1v) is 13.2. The second kappa shape index (κ2) is 14.7. The van der Waals surface area contributed by atoms with Gasteiger partial charge in [-0.25, -0.2) is 4.79 Å². The van der Waals surface area contributed by atoms with E-state index in [9.17, 15) is 14.4 Å². The van der Waals surface area contributed by atoms with E-state index in [1.165, 1.54) is 7.11 Å². The molecule has 1 saturated heterocycles. The van der Waals surface area contributed by atoms with Gasteiger partial charge in [-0.05, 0) is 62.3 Å². The van der Waals surface area contributed by atoms with Gasteiger partial charge in [-0.2, -0.15) is 0 Å². The lowest BCUT2D eigenvalue weighted by Gasteiger charge is -2.35. The molecule has 1 heterocycles. The van der Waals surface area contributed by atoms with Gasteiger partial charge in [0.1, 0.15) is 6.04 Å². The van der Waals surface area contributed by atoms with E-state index in [-0.39, 0.29) is 30.2 Å². The molecule has 7 nitrogen and oxygen atoms in total. The first-order chi connectivity index (χ1) is 17.6. The normalized spacial score (nSPS) is 21.4. The van der Waals surface area contributed by atoms with Crippen LogP contribution in [0.1, 0.15) is 58.9 Å². The van der Waals surface area contributed by atoms with Gasteiger partial charge in [0.05, 0.1) is 18.7 Å². The molecule has 1 fully saturated rings. The number of ether oxygens (including phenoxy) is 1. The second-order valence-corrected chi connectivity index (χ2v) is 9.93. The van der Waals surface area contributed by atoms with Crippen molar-refractivity contribution in [2.75, 3.05) is 12.4 Å². The Hall–Kier alpha value is -2.90. The number of benzene rings is 1. The summed E-state index contributed by atoms with van der Waals surface area (Å²) < 4.78 is 4.97. The zero-order valence-electron chi connectivity index (χ0n) is 22.5. The lowest BCUT2D eigenvalue weighted by atomic mass is 9.86. The van der Waals surface area contributed by atoms with Crippen LogP contribution in [0.2, 0.25) is 0 Å². The van der Waals surface area contributed by atoms with E-state index >= 15 is 0 Å². The maximum atomic E-state index is 13.1. The van der Waals surface area contributed by atoms with Crippen molar-refractivity contribution in [3.8, 4) is 0 Å². The molecule has 0 bridgehead atoms. The van der Waals surface area contributed by atoms with Crippen molar-refractivity contribution in [2.24, 2.45) is 5.92 Å². The number of anilines is 1. The topological polar surface area (TPSA) is 96.5 Å². The summed E-state index contributed by atoms with van der Waals surface area (Å²) in [5, 5.41) is 9.54. The van der Waals surface area contributed by atoms with Gasteiger partial charge < -0.3 is 20.7 Å². The van der Waals surface area contributed by atoms with Gasteiger partial charge in [-0.1, -0.05) is 62.7 Å². The fraction of sp³-hybridized carbons (Fsp3) is 0.483. The zero-order valence-corrected chi connectivity index (χ0v) is 23.3. The lowest BCUT2D eigenvalue weighted by molar-refractivity contribution is -0.145. The first-order valence-electron chi connectivity index (χ1n) is 12.8. The molecule has 4 unspecified atom stereocenters. The van der Waals surface area contributed by atoms with Crippen LogP contribution in [-0.4, -0.2) is 43.0 Å². The minimum Gasteiger partial charge on any atom is -0.467 e. The number of halogens is 1. The van der Waals surface area contributed by atoms with Crippen molar-refractivity contribution in [3.05, 3.63) is 64.7 Å². The molecule has 1 aromatic rings. The quantitative estimate of drug-likeness (QED) is 0.212. The number of methoxy groups -OCH3 is 1. The van der Waals surface area contributed by atoms with Crippen LogP contribution in [0.25, 0.3) is 0 Å². The van der Waals surface area contributed by atoms with Crippen molar-refractivity contribution in [1.29, 1.82) is 0 Å². The molecule has 1 aliphatic heterocycles. The van der Waals surface area contributed by atoms with E-state index in [0.717, 1.165) is 31.2 Å². The fourth-order valence-electron chi connectivity index (χ4n) is 4.52. The molecule has 4 atom stereocenters. The summed E-state index contributed by atoms with van der Waals surface area (Å²) in [5.74, 6) is -0.863. The van der Waals surface area contributed by atoms with E-state index in [0.29, 0.717) is 27.9 Å². The fourth-order valence-corrected chi connectivity index (χ4v) is 4.75. The van der Waals surface area contributed by atoms with E-state index in [4.69, 9.17) is 16.3 Å². The summed E-state index contributed by atoms with van der Waals surface area (Å²) in [7, 11) is 1.31. The summed E-state index contributed by atoms with van der Waals surface area (Å²) in [6.45, 7) is 11.4. The Morgan fingerprint density at radius 1 is 1.24 bits per heavy atom. The Balaban J connectivity index is 2.11. The highest BCUT2D eigenvalue weighted by Crippen LogP contribution is 2.23. The van der Waals surface area contributed by atoms with Crippen molar-refractivity contribution in [3.63, 3.8) is 0 Å². The van der Waals surface area contributed by atoms with Crippen LogP contribution in [0.3, 0.4) is 0 Å². The number of hydrogen-bond donors (Lipinski definition) is 3. The Morgan fingerprint density at radius 3 is 2.49 bits per heavy atom. The number of carbonyl (C=O) groups excluding carboxylic acids is 3. The number of rotatable bonds is 11. The third-order valence-corrected chi connectivity index (χ3v) is 7.16. The van der Waals surface area contributed by atoms with Crippen LogP contribution in [-0.2, 0) is 25.5 Å². The van der Waals surface area contributed by atoms with E-state index in [1.807, 2.05) is 0 Å². The molecule has 2 amide bonds. The summed E-state index contributed by atoms with van der Waals surface area (Å²) in [6, 6.07) is 6.23. The molecule has 2 rings (SSSR count). The summed E-state index contributed by atoms with van der Waals surface area (Å²) in [6.07, 6.45) is 7.58. The summed E-state index contributed by atoms with van der Waals surface area (Å²) in [5.41, 5.74) is 2.40. The monoisotopic (exact) mass is 529 g/mol. The Morgan fingerprint density at radius 2 is 1.92 bits per heavy atom. The summed E-state index contributed by atoms with van der Waals surface area (Å²) in [4.78, 5) is 38.4. The van der Waals surface area contributed by atoms with Crippen LogP contribution in [0.5, 0.6) is 0 Å². The average Bonchev–Trinajstić information content (AvgIpc) is 2.89. The van der Waals surface area contributed by atoms with Crippen molar-refractivity contribution in [1.82, 2.24) is 10.6 Å². The molecule has 0 spiro atoms. The number of amides is 2. The number of hydrogen-bond acceptors (Lipinski definition) is 5. The van der Waals surface area contributed by atoms with Crippen molar-refractivity contribution in [2.45, 2.75) is 77.9 Å². The van der Waals surface area contributed by atoms with Crippen LogP contribution in [0.4, 0.5) is 5.69 Å².